The second kappa shape index (κ2) is 8.69. The highest BCUT2D eigenvalue weighted by atomic mass is 35.5. The van der Waals surface area contributed by atoms with Gasteiger partial charge in [0.05, 0.1) is 16.5 Å². The molecule has 0 aromatic heterocycles. The van der Waals surface area contributed by atoms with Crippen LogP contribution in [0.4, 0.5) is 11.4 Å². The van der Waals surface area contributed by atoms with Crippen LogP contribution in [0.15, 0.2) is 12.1 Å². The van der Waals surface area contributed by atoms with E-state index in [0.29, 0.717) is 38.4 Å². The number of piperazine rings is 1. The van der Waals surface area contributed by atoms with E-state index in [9.17, 15) is 14.9 Å². The van der Waals surface area contributed by atoms with Crippen molar-refractivity contribution in [3.05, 3.63) is 32.3 Å². The fourth-order valence-corrected chi connectivity index (χ4v) is 3.36. The van der Waals surface area contributed by atoms with E-state index in [1.54, 1.807) is 0 Å². The van der Waals surface area contributed by atoms with Gasteiger partial charge in [0.15, 0.2) is 0 Å². The van der Waals surface area contributed by atoms with Crippen molar-refractivity contribution in [2.45, 2.75) is 26.3 Å². The SMILES string of the molecule is CC[C@H](C)NC(=O)CN1CCN(c2c(Cl)cc(Cl)cc2[N+](=O)[O-])CC1. The van der Waals surface area contributed by atoms with Crippen molar-refractivity contribution in [2.75, 3.05) is 37.6 Å². The molecule has 0 bridgehead atoms. The Bertz CT molecular complexity index is 649. The molecule has 0 unspecified atom stereocenters. The number of anilines is 1. The average molecular weight is 389 g/mol. The first-order chi connectivity index (χ1) is 11.8. The molecule has 7 nitrogen and oxygen atoms in total. The zero-order valence-corrected chi connectivity index (χ0v) is 15.8. The van der Waals surface area contributed by atoms with Crippen LogP contribution < -0.4 is 10.2 Å². The van der Waals surface area contributed by atoms with Crippen LogP contribution in [0.5, 0.6) is 0 Å². The van der Waals surface area contributed by atoms with Gasteiger partial charge in [-0.2, -0.15) is 0 Å². The highest BCUT2D eigenvalue weighted by molar-refractivity contribution is 6.37. The summed E-state index contributed by atoms with van der Waals surface area (Å²) in [6, 6.07) is 2.98. The van der Waals surface area contributed by atoms with Gasteiger partial charge in [-0.15, -0.1) is 0 Å². The van der Waals surface area contributed by atoms with Crippen LogP contribution in [0.25, 0.3) is 0 Å². The number of carbonyl (C=O) groups is 1. The molecule has 0 spiro atoms. The van der Waals surface area contributed by atoms with Gasteiger partial charge in [0.2, 0.25) is 5.91 Å². The lowest BCUT2D eigenvalue weighted by Crippen LogP contribution is -2.50. The molecule has 1 fully saturated rings. The maximum atomic E-state index is 12.0. The molecule has 0 aliphatic carbocycles. The van der Waals surface area contributed by atoms with E-state index < -0.39 is 4.92 Å². The summed E-state index contributed by atoms with van der Waals surface area (Å²) >= 11 is 12.1. The van der Waals surface area contributed by atoms with Crippen LogP contribution in [0.1, 0.15) is 20.3 Å². The van der Waals surface area contributed by atoms with Gasteiger partial charge in [-0.05, 0) is 19.4 Å². The third-order valence-corrected chi connectivity index (χ3v) is 4.79. The molecule has 1 aliphatic heterocycles. The van der Waals surface area contributed by atoms with Crippen molar-refractivity contribution in [1.82, 2.24) is 10.2 Å². The summed E-state index contributed by atoms with van der Waals surface area (Å²) in [5.74, 6) is -0.00157. The molecule has 1 atom stereocenters. The molecule has 1 saturated heterocycles. The normalized spacial score (nSPS) is 16.6. The van der Waals surface area contributed by atoms with E-state index in [1.165, 1.54) is 12.1 Å². The van der Waals surface area contributed by atoms with Crippen molar-refractivity contribution in [1.29, 1.82) is 0 Å². The van der Waals surface area contributed by atoms with Crippen molar-refractivity contribution in [3.8, 4) is 0 Å². The first kappa shape index (κ1) is 19.8. The number of rotatable bonds is 6. The number of hydrogen-bond acceptors (Lipinski definition) is 5. The monoisotopic (exact) mass is 388 g/mol. The second-order valence-corrected chi connectivity index (χ2v) is 7.00. The van der Waals surface area contributed by atoms with Gasteiger partial charge in [0.1, 0.15) is 5.69 Å². The number of nitrogens with one attached hydrogen (secondary N) is 1. The Morgan fingerprint density at radius 1 is 1.32 bits per heavy atom. The number of nitro groups is 1. The Labute approximate surface area is 157 Å². The number of halogens is 2. The minimum atomic E-state index is -0.473. The van der Waals surface area contributed by atoms with Gasteiger partial charge in [-0.25, -0.2) is 0 Å². The number of amides is 1. The summed E-state index contributed by atoms with van der Waals surface area (Å²) in [6.07, 6.45) is 0.887. The van der Waals surface area contributed by atoms with Crippen LogP contribution in [0.3, 0.4) is 0 Å². The number of nitro benzene ring substituents is 1. The Hall–Kier alpha value is -1.57. The van der Waals surface area contributed by atoms with Crippen molar-refractivity contribution >= 4 is 40.5 Å². The van der Waals surface area contributed by atoms with Gasteiger partial charge in [-0.1, -0.05) is 30.1 Å². The molecule has 1 aliphatic rings. The molecule has 2 rings (SSSR count). The van der Waals surface area contributed by atoms with Crippen LogP contribution in [0, 0.1) is 10.1 Å². The number of benzene rings is 1. The van der Waals surface area contributed by atoms with E-state index in [4.69, 9.17) is 23.2 Å². The van der Waals surface area contributed by atoms with Crippen molar-refractivity contribution in [2.24, 2.45) is 0 Å². The molecule has 1 aromatic rings. The van der Waals surface area contributed by atoms with E-state index >= 15 is 0 Å². The Morgan fingerprint density at radius 3 is 2.52 bits per heavy atom. The van der Waals surface area contributed by atoms with E-state index in [0.717, 1.165) is 6.42 Å². The molecule has 0 radical (unpaired) electrons. The zero-order chi connectivity index (χ0) is 18.6. The lowest BCUT2D eigenvalue weighted by molar-refractivity contribution is -0.384. The summed E-state index contributed by atoms with van der Waals surface area (Å²) in [5.41, 5.74) is 0.292. The minimum Gasteiger partial charge on any atom is -0.362 e. The molecule has 1 N–H and O–H groups in total. The smallest absolute Gasteiger partial charge is 0.295 e. The summed E-state index contributed by atoms with van der Waals surface area (Å²) in [4.78, 5) is 26.7. The Kier molecular flexibility index (Phi) is 6.87. The molecular weight excluding hydrogens is 367 g/mol. The molecule has 0 saturated carbocycles. The molecule has 138 valence electrons. The highest BCUT2D eigenvalue weighted by Gasteiger charge is 2.27. The van der Waals surface area contributed by atoms with Crippen LogP contribution in [-0.4, -0.2) is 54.5 Å². The predicted octanol–water partition coefficient (Wildman–Crippen LogP) is 2.94. The fraction of sp³-hybridized carbons (Fsp3) is 0.562. The number of hydrogen-bond donors (Lipinski definition) is 1. The van der Waals surface area contributed by atoms with Gasteiger partial charge < -0.3 is 10.2 Å². The van der Waals surface area contributed by atoms with E-state index in [1.807, 2.05) is 23.6 Å². The first-order valence-electron chi connectivity index (χ1n) is 8.22. The molecule has 1 aromatic carbocycles. The summed E-state index contributed by atoms with van der Waals surface area (Å²) < 4.78 is 0. The number of nitrogens with zero attached hydrogens (tertiary/aromatic N) is 3. The molecule has 1 amide bonds. The minimum absolute atomic E-state index is 0.00157. The predicted molar refractivity (Wildman–Crippen MR) is 99.7 cm³/mol. The molecule has 25 heavy (non-hydrogen) atoms. The molecule has 1 heterocycles. The zero-order valence-electron chi connectivity index (χ0n) is 14.3. The maximum Gasteiger partial charge on any atom is 0.295 e. The largest absolute Gasteiger partial charge is 0.362 e. The average Bonchev–Trinajstić information content (AvgIpc) is 2.55. The van der Waals surface area contributed by atoms with Crippen LogP contribution >= 0.6 is 23.2 Å². The third-order valence-electron chi connectivity index (χ3n) is 4.28. The Balaban J connectivity index is 2.01. The topological polar surface area (TPSA) is 78.7 Å². The first-order valence-corrected chi connectivity index (χ1v) is 8.97. The van der Waals surface area contributed by atoms with Crippen molar-refractivity contribution < 1.29 is 9.72 Å². The summed E-state index contributed by atoms with van der Waals surface area (Å²) in [6.45, 7) is 6.68. The second-order valence-electron chi connectivity index (χ2n) is 6.15. The Morgan fingerprint density at radius 2 is 1.96 bits per heavy atom. The summed E-state index contributed by atoms with van der Waals surface area (Å²) in [5, 5.41) is 14.8. The van der Waals surface area contributed by atoms with Crippen LogP contribution in [0.2, 0.25) is 10.0 Å². The molecule has 9 heteroatoms. The van der Waals surface area contributed by atoms with E-state index in [-0.39, 0.29) is 27.7 Å². The van der Waals surface area contributed by atoms with Crippen LogP contribution in [-0.2, 0) is 4.79 Å². The van der Waals surface area contributed by atoms with Gasteiger partial charge in [0, 0.05) is 43.3 Å². The van der Waals surface area contributed by atoms with Gasteiger partial charge in [-0.3, -0.25) is 19.8 Å². The quantitative estimate of drug-likeness (QED) is 0.598. The lowest BCUT2D eigenvalue weighted by atomic mass is 10.2. The lowest BCUT2D eigenvalue weighted by Gasteiger charge is -2.35. The number of carbonyl (C=O) groups excluding carboxylic acids is 1. The summed E-state index contributed by atoms with van der Waals surface area (Å²) in [7, 11) is 0. The maximum absolute atomic E-state index is 12.0. The fourth-order valence-electron chi connectivity index (χ4n) is 2.76. The van der Waals surface area contributed by atoms with E-state index in [2.05, 4.69) is 5.32 Å². The van der Waals surface area contributed by atoms with Gasteiger partial charge in [0.25, 0.3) is 5.69 Å². The molecular formula is C16H22Cl2N4O3. The highest BCUT2D eigenvalue weighted by Crippen LogP contribution is 2.38. The van der Waals surface area contributed by atoms with Crippen molar-refractivity contribution in [3.63, 3.8) is 0 Å². The third kappa shape index (κ3) is 5.20. The standard InChI is InChI=1S/C16H22Cl2N4O3/c1-3-11(2)19-15(23)10-20-4-6-21(7-5-20)16-13(18)8-12(17)9-14(16)22(24)25/h8-9,11H,3-7,10H2,1-2H3,(H,19,23)/t11-/m0/s1. The van der Waals surface area contributed by atoms with Gasteiger partial charge >= 0.3 is 0 Å².